The Morgan fingerprint density at radius 3 is 1.63 bits per heavy atom. The van der Waals surface area contributed by atoms with Gasteiger partial charge >= 0.3 is 7.82 Å². The zero-order valence-electron chi connectivity index (χ0n) is 17.3. The van der Waals surface area contributed by atoms with Gasteiger partial charge in [0.1, 0.15) is 18.3 Å². The Bertz CT molecular complexity index is 485. The molecule has 5 atom stereocenters. The molecule has 0 aromatic carbocycles. The number of ether oxygens (including phenoxy) is 1. The Hall–Kier alpha value is -0.200. The smallest absolute Gasteiger partial charge is 0.394 e. The minimum atomic E-state index is -4.99. The van der Waals surface area contributed by atoms with E-state index in [0.29, 0.717) is 12.1 Å². The van der Waals surface area contributed by atoms with Crippen molar-refractivity contribution in [3.8, 4) is 0 Å². The summed E-state index contributed by atoms with van der Waals surface area (Å²) in [6.07, 6.45) is 3.92. The van der Waals surface area contributed by atoms with Crippen LogP contribution in [0.5, 0.6) is 0 Å². The van der Waals surface area contributed by atoms with Crippen LogP contribution < -0.4 is 11.5 Å². The molecule has 0 aromatic heterocycles. The van der Waals surface area contributed by atoms with E-state index in [4.69, 9.17) is 31.5 Å². The quantitative estimate of drug-likeness (QED) is 0.291. The summed E-state index contributed by atoms with van der Waals surface area (Å²) in [5.41, 5.74) is 11.3. The van der Waals surface area contributed by atoms with Crippen LogP contribution in [0.4, 0.5) is 4.39 Å². The number of aliphatic hydroxyl groups excluding tert-OH is 3. The monoisotopic (exact) mass is 460 g/mol. The minimum Gasteiger partial charge on any atom is -0.394 e. The first kappa shape index (κ1) is 27.8. The second kappa shape index (κ2) is 14.1. The van der Waals surface area contributed by atoms with Crippen LogP contribution in [0, 0.1) is 0 Å². The van der Waals surface area contributed by atoms with Crippen molar-refractivity contribution in [1.29, 1.82) is 0 Å². The van der Waals surface area contributed by atoms with Crippen LogP contribution >= 0.6 is 7.82 Å². The van der Waals surface area contributed by atoms with Crippen LogP contribution in [0.2, 0.25) is 0 Å². The van der Waals surface area contributed by atoms with Crippen LogP contribution in [-0.2, 0) is 13.8 Å². The Labute approximate surface area is 177 Å². The second-order valence-corrected chi connectivity index (χ2v) is 9.24. The first-order chi connectivity index (χ1) is 14.0. The van der Waals surface area contributed by atoms with Crippen LogP contribution in [0.15, 0.2) is 0 Å². The third kappa shape index (κ3) is 10.9. The van der Waals surface area contributed by atoms with Gasteiger partial charge in [-0.1, -0.05) is 38.5 Å². The highest BCUT2D eigenvalue weighted by Crippen LogP contribution is 2.41. The summed E-state index contributed by atoms with van der Waals surface area (Å²) >= 11 is 0. The predicted molar refractivity (Wildman–Crippen MR) is 108 cm³/mol. The molecule has 0 radical (unpaired) electrons. The highest BCUT2D eigenvalue weighted by Gasteiger charge is 2.47. The molecule has 0 aromatic rings. The van der Waals surface area contributed by atoms with Crippen molar-refractivity contribution in [1.82, 2.24) is 0 Å². The van der Waals surface area contributed by atoms with Crippen molar-refractivity contribution < 1.29 is 43.3 Å². The van der Waals surface area contributed by atoms with Gasteiger partial charge in [-0.3, -0.25) is 4.52 Å². The summed E-state index contributed by atoms with van der Waals surface area (Å²) in [7, 11) is -4.99. The number of aliphatic hydroxyl groups is 3. The molecule has 3 rings (SSSR count). The van der Waals surface area contributed by atoms with Gasteiger partial charge in [0, 0.05) is 12.1 Å². The summed E-state index contributed by atoms with van der Waals surface area (Å²) < 4.78 is 32.2. The molecule has 30 heavy (non-hydrogen) atoms. The fraction of sp³-hybridized carbons (Fsp3) is 1.00. The van der Waals surface area contributed by atoms with Crippen molar-refractivity contribution in [3.63, 3.8) is 0 Å². The molecule has 0 spiro atoms. The van der Waals surface area contributed by atoms with E-state index in [9.17, 15) is 14.1 Å². The van der Waals surface area contributed by atoms with Crippen LogP contribution in [0.1, 0.15) is 64.2 Å². The largest absolute Gasteiger partial charge is 0.472 e. The normalized spacial score (nSPS) is 33.7. The summed E-state index contributed by atoms with van der Waals surface area (Å²) in [6, 6.07) is 1.07. The number of halogens is 1. The Morgan fingerprint density at radius 1 is 0.900 bits per heavy atom. The third-order valence-corrected chi connectivity index (χ3v) is 5.83. The Balaban J connectivity index is 0.000000263. The first-order valence-corrected chi connectivity index (χ1v) is 12.1. The Kier molecular flexibility index (Phi) is 13.0. The first-order valence-electron chi connectivity index (χ1n) is 10.6. The molecule has 1 heterocycles. The van der Waals surface area contributed by atoms with Gasteiger partial charge in [-0.2, -0.15) is 0 Å². The second-order valence-electron chi connectivity index (χ2n) is 8.04. The lowest BCUT2D eigenvalue weighted by atomic mass is 9.97. The molecule has 1 aliphatic heterocycles. The van der Waals surface area contributed by atoms with Gasteiger partial charge in [0.05, 0.1) is 6.61 Å². The molecular weight excluding hydrogens is 422 g/mol. The van der Waals surface area contributed by atoms with Gasteiger partial charge in [0.25, 0.3) is 0 Å². The number of phosphoric ester groups is 1. The van der Waals surface area contributed by atoms with E-state index >= 15 is 0 Å². The molecule has 2 saturated carbocycles. The van der Waals surface area contributed by atoms with E-state index < -0.39 is 45.2 Å². The highest BCUT2D eigenvalue weighted by atomic mass is 31.2. The fourth-order valence-corrected chi connectivity index (χ4v) is 3.97. The third-order valence-electron chi connectivity index (χ3n) is 5.35. The average molecular weight is 460 g/mol. The van der Waals surface area contributed by atoms with E-state index in [1.807, 2.05) is 0 Å². The van der Waals surface area contributed by atoms with E-state index in [2.05, 4.69) is 9.26 Å². The zero-order valence-corrected chi connectivity index (χ0v) is 18.2. The van der Waals surface area contributed by atoms with Crippen molar-refractivity contribution in [2.75, 3.05) is 6.61 Å². The zero-order chi connectivity index (χ0) is 22.7. The van der Waals surface area contributed by atoms with Gasteiger partial charge in [0.15, 0.2) is 6.17 Å². The molecule has 9 N–H and O–H groups in total. The molecular formula is C18H38FN2O8P. The summed E-state index contributed by atoms with van der Waals surface area (Å²) in [6.45, 7) is -0.758. The molecule has 3 aliphatic rings. The van der Waals surface area contributed by atoms with E-state index in [1.54, 1.807) is 0 Å². The van der Waals surface area contributed by atoms with Crippen LogP contribution in [0.3, 0.4) is 0 Å². The maximum absolute atomic E-state index is 13.2. The predicted octanol–water partition coefficient (Wildman–Crippen LogP) is 0.428. The van der Waals surface area contributed by atoms with Gasteiger partial charge in [0.2, 0.25) is 6.29 Å². The number of phosphoric acid groups is 1. The van der Waals surface area contributed by atoms with Crippen molar-refractivity contribution in [2.45, 2.75) is 107 Å². The number of hydrogen-bond acceptors (Lipinski definition) is 8. The maximum Gasteiger partial charge on any atom is 0.472 e. The molecule has 2 aliphatic carbocycles. The van der Waals surface area contributed by atoms with Crippen LogP contribution in [-0.4, -0.2) is 74.6 Å². The van der Waals surface area contributed by atoms with Crippen molar-refractivity contribution >= 4 is 7.82 Å². The van der Waals surface area contributed by atoms with Gasteiger partial charge in [-0.15, -0.1) is 0 Å². The standard InChI is InChI=1S/C6H12FO8P.2C6H13N/c7-3-5(10)4(9)2(1-8)14-6(3)15-16(11,12)13;2*7-6-4-2-1-3-5-6/h2-6,8-10H,1H2,(H2,11,12,13);2*6H,1-5,7H2/t2-,3+,4-,5-,6?;;/m1../s1. The molecule has 0 bridgehead atoms. The summed E-state index contributed by atoms with van der Waals surface area (Å²) in [5, 5.41) is 27.1. The lowest BCUT2D eigenvalue weighted by molar-refractivity contribution is -0.265. The molecule has 1 saturated heterocycles. The Morgan fingerprint density at radius 2 is 1.33 bits per heavy atom. The maximum atomic E-state index is 13.2. The topological polar surface area (TPSA) is 189 Å². The van der Waals surface area contributed by atoms with Gasteiger partial charge in [-0.05, 0) is 25.7 Å². The number of hydrogen-bond donors (Lipinski definition) is 7. The molecule has 180 valence electrons. The number of nitrogens with two attached hydrogens (primary N) is 2. The molecule has 1 unspecified atom stereocenters. The fourth-order valence-electron chi connectivity index (χ4n) is 3.53. The van der Waals surface area contributed by atoms with Gasteiger partial charge < -0.3 is 41.3 Å². The number of rotatable bonds is 3. The lowest BCUT2D eigenvalue weighted by Gasteiger charge is -2.38. The van der Waals surface area contributed by atoms with Crippen LogP contribution in [0.25, 0.3) is 0 Å². The SMILES string of the molecule is NC1CCCCC1.NC1CCCCC1.O=P(O)(O)OC1O[C@H](CO)[C@@H](O)[C@H](O)[C@@H]1F. The molecule has 0 amide bonds. The van der Waals surface area contributed by atoms with Crippen molar-refractivity contribution in [2.24, 2.45) is 11.5 Å². The molecule has 10 nitrogen and oxygen atoms in total. The van der Waals surface area contributed by atoms with E-state index in [1.165, 1.54) is 64.2 Å². The minimum absolute atomic E-state index is 0.536. The van der Waals surface area contributed by atoms with Crippen molar-refractivity contribution in [3.05, 3.63) is 0 Å². The van der Waals surface area contributed by atoms with Gasteiger partial charge in [-0.25, -0.2) is 8.96 Å². The average Bonchev–Trinajstić information content (AvgIpc) is 2.70. The van der Waals surface area contributed by atoms with E-state index in [0.717, 1.165) is 0 Å². The lowest BCUT2D eigenvalue weighted by Crippen LogP contribution is -2.57. The van der Waals surface area contributed by atoms with E-state index in [-0.39, 0.29) is 0 Å². The summed E-state index contributed by atoms with van der Waals surface area (Å²) in [5.74, 6) is 0. The summed E-state index contributed by atoms with van der Waals surface area (Å²) in [4.78, 5) is 16.9. The highest BCUT2D eigenvalue weighted by molar-refractivity contribution is 7.46. The molecule has 12 heteroatoms. The molecule has 3 fully saturated rings. The number of alkyl halides is 1.